The van der Waals surface area contributed by atoms with Gasteiger partial charge < -0.3 is 9.47 Å². The molecule has 0 bridgehead atoms. The normalized spacial score (nSPS) is 15.2. The van der Waals surface area contributed by atoms with Crippen LogP contribution in [0.1, 0.15) is 31.4 Å². The average molecular weight is 511 g/mol. The predicted molar refractivity (Wildman–Crippen MR) is 124 cm³/mol. The summed E-state index contributed by atoms with van der Waals surface area (Å²) in [4.78, 5) is 26.8. The molecule has 3 rings (SSSR count). The zero-order chi connectivity index (χ0) is 21.7. The lowest BCUT2D eigenvalue weighted by molar-refractivity contribution is -0.123. The second-order valence-electron chi connectivity index (χ2n) is 6.47. The van der Waals surface area contributed by atoms with Gasteiger partial charge >= 0.3 is 0 Å². The zero-order valence-electron chi connectivity index (χ0n) is 16.6. The van der Waals surface area contributed by atoms with Gasteiger partial charge in [0.2, 0.25) is 0 Å². The van der Waals surface area contributed by atoms with Crippen LogP contribution in [-0.4, -0.2) is 29.3 Å². The highest BCUT2D eigenvalue weighted by atomic mass is 79.9. The van der Waals surface area contributed by atoms with Crippen molar-refractivity contribution in [3.63, 3.8) is 0 Å². The van der Waals surface area contributed by atoms with Crippen molar-refractivity contribution < 1.29 is 19.1 Å². The second-order valence-corrected chi connectivity index (χ2v) is 8.73. The number of hydrogen-bond donors (Lipinski definition) is 0. The van der Waals surface area contributed by atoms with E-state index in [1.807, 2.05) is 26.0 Å². The number of rotatable bonds is 8. The van der Waals surface area contributed by atoms with Crippen molar-refractivity contribution in [2.45, 2.75) is 26.8 Å². The molecule has 158 valence electrons. The lowest BCUT2D eigenvalue weighted by atomic mass is 10.1. The van der Waals surface area contributed by atoms with E-state index < -0.39 is 0 Å². The Morgan fingerprint density at radius 1 is 1.17 bits per heavy atom. The van der Waals surface area contributed by atoms with E-state index in [1.165, 1.54) is 4.90 Å². The van der Waals surface area contributed by atoms with Gasteiger partial charge in [0.15, 0.2) is 11.5 Å². The largest absolute Gasteiger partial charge is 0.490 e. The Morgan fingerprint density at radius 3 is 2.63 bits per heavy atom. The summed E-state index contributed by atoms with van der Waals surface area (Å²) >= 11 is 10.6. The number of amides is 2. The Kier molecular flexibility index (Phi) is 7.86. The molecule has 0 unspecified atom stereocenters. The molecule has 1 aliphatic heterocycles. The van der Waals surface area contributed by atoms with Gasteiger partial charge in [-0.15, -0.1) is 0 Å². The fourth-order valence-corrected chi connectivity index (χ4v) is 4.47. The third kappa shape index (κ3) is 5.20. The van der Waals surface area contributed by atoms with E-state index in [2.05, 4.69) is 15.9 Å². The molecule has 30 heavy (non-hydrogen) atoms. The summed E-state index contributed by atoms with van der Waals surface area (Å²) in [5.41, 5.74) is 1.46. The van der Waals surface area contributed by atoms with Crippen LogP contribution in [0.4, 0.5) is 4.79 Å². The van der Waals surface area contributed by atoms with Gasteiger partial charge in [-0.2, -0.15) is 0 Å². The zero-order valence-corrected chi connectivity index (χ0v) is 19.8. The maximum Gasteiger partial charge on any atom is 0.293 e. The van der Waals surface area contributed by atoms with Crippen LogP contribution < -0.4 is 9.47 Å². The van der Waals surface area contributed by atoms with Gasteiger partial charge in [-0.3, -0.25) is 14.5 Å². The number of benzene rings is 2. The Labute approximate surface area is 193 Å². The molecule has 0 spiro atoms. The van der Waals surface area contributed by atoms with Crippen LogP contribution in [0.15, 0.2) is 45.8 Å². The predicted octanol–water partition coefficient (Wildman–Crippen LogP) is 6.53. The number of carbonyl (C=O) groups is 2. The minimum Gasteiger partial charge on any atom is -0.490 e. The maximum atomic E-state index is 12.8. The molecule has 2 amide bonds. The van der Waals surface area contributed by atoms with E-state index in [4.69, 9.17) is 21.1 Å². The molecule has 0 N–H and O–H groups in total. The van der Waals surface area contributed by atoms with E-state index >= 15 is 0 Å². The van der Waals surface area contributed by atoms with Gasteiger partial charge in [0.05, 0.1) is 29.1 Å². The van der Waals surface area contributed by atoms with Crippen LogP contribution in [0.25, 0.3) is 6.08 Å². The van der Waals surface area contributed by atoms with E-state index in [0.29, 0.717) is 34.6 Å². The van der Waals surface area contributed by atoms with Crippen molar-refractivity contribution in [3.05, 3.63) is 61.9 Å². The first-order chi connectivity index (χ1) is 14.4. The summed E-state index contributed by atoms with van der Waals surface area (Å²) in [7, 11) is 0. The fraction of sp³-hybridized carbons (Fsp3) is 0.273. The molecule has 2 aromatic carbocycles. The molecule has 0 aromatic heterocycles. The van der Waals surface area contributed by atoms with Gasteiger partial charge in [0, 0.05) is 5.02 Å². The quantitative estimate of drug-likeness (QED) is 0.378. The van der Waals surface area contributed by atoms with Crippen LogP contribution in [0, 0.1) is 0 Å². The van der Waals surface area contributed by atoms with Gasteiger partial charge in [0.25, 0.3) is 11.1 Å². The van der Waals surface area contributed by atoms with Gasteiger partial charge in [-0.25, -0.2) is 0 Å². The molecule has 1 saturated heterocycles. The van der Waals surface area contributed by atoms with Crippen LogP contribution in [0.3, 0.4) is 0 Å². The first-order valence-electron chi connectivity index (χ1n) is 9.52. The number of carbonyl (C=O) groups excluding carboxylic acids is 2. The van der Waals surface area contributed by atoms with Crippen LogP contribution in [-0.2, 0) is 11.3 Å². The standard InChI is InChI=1S/C22H21BrClNO4S/c1-3-9-29-20-16(23)10-14(11-18(20)28-4-2)12-19-21(26)25(22(27)30-19)13-15-7-5-6-8-17(15)24/h5-8,10-12H,3-4,9,13H2,1-2H3/b19-12-. The van der Waals surface area contributed by atoms with Gasteiger partial charge in [-0.05, 0) is 76.4 Å². The van der Waals surface area contributed by atoms with Gasteiger partial charge in [0.1, 0.15) is 0 Å². The summed E-state index contributed by atoms with van der Waals surface area (Å²) in [5, 5.41) is 0.201. The van der Waals surface area contributed by atoms with Crippen molar-refractivity contribution in [2.75, 3.05) is 13.2 Å². The maximum absolute atomic E-state index is 12.8. The Bertz CT molecular complexity index is 995. The molecular formula is C22H21BrClNO4S. The number of hydrogen-bond acceptors (Lipinski definition) is 5. The van der Waals surface area contributed by atoms with E-state index in [9.17, 15) is 9.59 Å². The molecular weight excluding hydrogens is 490 g/mol. The summed E-state index contributed by atoms with van der Waals surface area (Å²) in [6, 6.07) is 10.8. The Hall–Kier alpha value is -1.96. The summed E-state index contributed by atoms with van der Waals surface area (Å²) in [5.74, 6) is 0.870. The van der Waals surface area contributed by atoms with E-state index in [0.717, 1.165) is 33.8 Å². The minimum absolute atomic E-state index is 0.138. The SMILES string of the molecule is CCCOc1c(Br)cc(/C=C2\SC(=O)N(Cc3ccccc3Cl)C2=O)cc1OCC. The van der Waals surface area contributed by atoms with E-state index in [-0.39, 0.29) is 17.7 Å². The van der Waals surface area contributed by atoms with Crippen molar-refractivity contribution in [1.29, 1.82) is 0 Å². The van der Waals surface area contributed by atoms with Crippen LogP contribution >= 0.6 is 39.3 Å². The smallest absolute Gasteiger partial charge is 0.293 e. The lowest BCUT2D eigenvalue weighted by Gasteiger charge is -2.14. The highest BCUT2D eigenvalue weighted by Gasteiger charge is 2.35. The summed E-state index contributed by atoms with van der Waals surface area (Å²) in [6.45, 7) is 5.11. The fourth-order valence-electron chi connectivity index (χ4n) is 2.86. The van der Waals surface area contributed by atoms with Crippen LogP contribution in [0.5, 0.6) is 11.5 Å². The first-order valence-corrected chi connectivity index (χ1v) is 11.5. The summed E-state index contributed by atoms with van der Waals surface area (Å²) < 4.78 is 12.2. The first kappa shape index (κ1) is 22.7. The molecule has 0 radical (unpaired) electrons. The van der Waals surface area contributed by atoms with Crippen molar-refractivity contribution >= 4 is 56.5 Å². The second kappa shape index (κ2) is 10.4. The molecule has 0 saturated carbocycles. The Morgan fingerprint density at radius 2 is 1.93 bits per heavy atom. The number of imide groups is 1. The number of halogens is 2. The van der Waals surface area contributed by atoms with Gasteiger partial charge in [-0.1, -0.05) is 36.7 Å². The minimum atomic E-state index is -0.342. The number of thioether (sulfide) groups is 1. The molecule has 8 heteroatoms. The third-order valence-corrected chi connectivity index (χ3v) is 6.11. The topological polar surface area (TPSA) is 55.8 Å². The number of nitrogens with zero attached hydrogens (tertiary/aromatic N) is 1. The Balaban J connectivity index is 1.87. The van der Waals surface area contributed by atoms with E-state index in [1.54, 1.807) is 30.3 Å². The molecule has 2 aromatic rings. The molecule has 0 aliphatic carbocycles. The molecule has 1 aliphatic rings. The average Bonchev–Trinajstić information content (AvgIpc) is 2.96. The molecule has 1 fully saturated rings. The molecule has 0 atom stereocenters. The monoisotopic (exact) mass is 509 g/mol. The van der Waals surface area contributed by atoms with Crippen molar-refractivity contribution in [2.24, 2.45) is 0 Å². The van der Waals surface area contributed by atoms with Crippen LogP contribution in [0.2, 0.25) is 5.02 Å². The van der Waals surface area contributed by atoms with Crippen molar-refractivity contribution in [3.8, 4) is 11.5 Å². The highest BCUT2D eigenvalue weighted by molar-refractivity contribution is 9.10. The highest BCUT2D eigenvalue weighted by Crippen LogP contribution is 2.39. The third-order valence-electron chi connectivity index (χ3n) is 4.24. The molecule has 5 nitrogen and oxygen atoms in total. The molecule has 1 heterocycles. The summed E-state index contributed by atoms with van der Waals surface area (Å²) in [6.07, 6.45) is 2.56. The number of ether oxygens (including phenoxy) is 2. The van der Waals surface area contributed by atoms with Crippen molar-refractivity contribution in [1.82, 2.24) is 4.90 Å². The lowest BCUT2D eigenvalue weighted by Crippen LogP contribution is -2.27.